The third kappa shape index (κ3) is 4.47. The van der Waals surface area contributed by atoms with Crippen molar-refractivity contribution in [2.45, 2.75) is 32.4 Å². The highest BCUT2D eigenvalue weighted by Gasteiger charge is 2.37. The number of aromatic nitrogens is 1. The summed E-state index contributed by atoms with van der Waals surface area (Å²) in [5.74, 6) is 0.596. The van der Waals surface area contributed by atoms with Crippen LogP contribution < -0.4 is 0 Å². The summed E-state index contributed by atoms with van der Waals surface area (Å²) in [7, 11) is -1.10. The van der Waals surface area contributed by atoms with Crippen LogP contribution in [0.5, 0.6) is 5.75 Å². The van der Waals surface area contributed by atoms with E-state index in [0.29, 0.717) is 5.92 Å². The van der Waals surface area contributed by atoms with Crippen LogP contribution in [0.2, 0.25) is 0 Å². The molecule has 2 aromatic carbocycles. The maximum atomic E-state index is 12.5. The second kappa shape index (κ2) is 9.73. The van der Waals surface area contributed by atoms with E-state index in [1.165, 1.54) is 10.9 Å². The number of alkyl halides is 1. The van der Waals surface area contributed by atoms with Gasteiger partial charge in [-0.05, 0) is 49.2 Å². The zero-order valence-corrected chi connectivity index (χ0v) is 19.7. The van der Waals surface area contributed by atoms with Gasteiger partial charge in [0.05, 0.1) is 23.7 Å². The Labute approximate surface area is 191 Å². The van der Waals surface area contributed by atoms with Gasteiger partial charge in [0, 0.05) is 47.9 Å². The van der Waals surface area contributed by atoms with Crippen molar-refractivity contribution in [2.24, 2.45) is 5.92 Å². The Morgan fingerprint density at radius 1 is 1.16 bits per heavy atom. The lowest BCUT2D eigenvalue weighted by molar-refractivity contribution is 0.0871. The summed E-state index contributed by atoms with van der Waals surface area (Å²) < 4.78 is 26.2. The molecule has 172 valence electrons. The summed E-state index contributed by atoms with van der Waals surface area (Å²) in [5.41, 5.74) is 4.55. The molecule has 1 unspecified atom stereocenters. The average Bonchev–Trinajstić information content (AvgIpc) is 3.11. The summed E-state index contributed by atoms with van der Waals surface area (Å²) in [6.45, 7) is 7.14. The molecule has 7 heteroatoms. The minimum atomic E-state index is -1.10. The monoisotopic (exact) mass is 457 g/mol. The minimum Gasteiger partial charge on any atom is -0.508 e. The highest BCUT2D eigenvalue weighted by molar-refractivity contribution is 7.81. The quantitative estimate of drug-likeness (QED) is 0.610. The van der Waals surface area contributed by atoms with E-state index >= 15 is 0 Å². The molecule has 5 nitrogen and oxygen atoms in total. The second-order valence-electron chi connectivity index (χ2n) is 8.77. The number of aromatic amines is 1. The fourth-order valence-electron chi connectivity index (χ4n) is 4.85. The standard InChI is InChI=1S/C19H20N2O2S.C6H12FN/c1-12-11-16-15-5-3-4-6-17(15)20-18(16)19(21(12)24(2)23)13-7-9-14(22)10-8-13;1-2-8-4-6(3-7)5-8/h3-10,12,19-20,22H,11H2,1-2H3;6H,2-5H2,1H3/t12-,19+,24?;/m1./s1. The largest absolute Gasteiger partial charge is 0.508 e. The van der Waals surface area contributed by atoms with Gasteiger partial charge in [-0.2, -0.15) is 0 Å². The van der Waals surface area contributed by atoms with E-state index in [4.69, 9.17) is 0 Å². The molecule has 3 atom stereocenters. The number of nitrogens with one attached hydrogen (secondary N) is 1. The van der Waals surface area contributed by atoms with Crippen molar-refractivity contribution in [1.82, 2.24) is 14.2 Å². The fourth-order valence-corrected chi connectivity index (χ4v) is 5.95. The zero-order valence-electron chi connectivity index (χ0n) is 18.9. The number of fused-ring (bicyclic) bond motifs is 3. The Hall–Kier alpha value is -2.22. The van der Waals surface area contributed by atoms with Crippen LogP contribution in [-0.4, -0.2) is 62.1 Å². The Balaban J connectivity index is 0.000000260. The van der Waals surface area contributed by atoms with Crippen LogP contribution in [-0.2, 0) is 17.4 Å². The summed E-state index contributed by atoms with van der Waals surface area (Å²) in [4.78, 5) is 5.79. The van der Waals surface area contributed by atoms with Gasteiger partial charge in [-0.15, -0.1) is 0 Å². The summed E-state index contributed by atoms with van der Waals surface area (Å²) >= 11 is 0. The van der Waals surface area contributed by atoms with Crippen molar-refractivity contribution >= 4 is 21.9 Å². The molecule has 1 fully saturated rings. The van der Waals surface area contributed by atoms with E-state index in [-0.39, 0.29) is 24.5 Å². The van der Waals surface area contributed by atoms with Gasteiger partial charge in [-0.25, -0.2) is 8.51 Å². The molecule has 0 radical (unpaired) electrons. The molecule has 32 heavy (non-hydrogen) atoms. The average molecular weight is 458 g/mol. The van der Waals surface area contributed by atoms with Crippen molar-refractivity contribution in [3.05, 3.63) is 65.4 Å². The van der Waals surface area contributed by atoms with E-state index < -0.39 is 11.0 Å². The smallest absolute Gasteiger partial charge is 0.115 e. The molecule has 1 saturated heterocycles. The van der Waals surface area contributed by atoms with E-state index in [1.807, 2.05) is 22.5 Å². The number of aromatic hydroxyl groups is 1. The first-order valence-corrected chi connectivity index (χ1v) is 12.7. The number of para-hydroxylation sites is 1. The molecule has 3 aromatic rings. The van der Waals surface area contributed by atoms with Gasteiger partial charge >= 0.3 is 0 Å². The molecule has 0 bridgehead atoms. The van der Waals surface area contributed by atoms with Crippen molar-refractivity contribution in [3.8, 4) is 5.75 Å². The molecule has 0 spiro atoms. The Kier molecular flexibility index (Phi) is 6.98. The lowest BCUT2D eigenvalue weighted by Crippen LogP contribution is -2.47. The highest BCUT2D eigenvalue weighted by Crippen LogP contribution is 2.41. The van der Waals surface area contributed by atoms with Crippen LogP contribution in [0.4, 0.5) is 4.39 Å². The van der Waals surface area contributed by atoms with Crippen LogP contribution >= 0.6 is 0 Å². The van der Waals surface area contributed by atoms with Crippen LogP contribution in [0.15, 0.2) is 48.5 Å². The number of likely N-dealkylation sites (tertiary alicyclic amines) is 1. The maximum Gasteiger partial charge on any atom is 0.115 e. The van der Waals surface area contributed by atoms with Crippen molar-refractivity contribution in [2.75, 3.05) is 32.6 Å². The Bertz CT molecular complexity index is 1070. The maximum absolute atomic E-state index is 12.5. The molecule has 5 rings (SSSR count). The third-order valence-corrected chi connectivity index (χ3v) is 7.68. The molecule has 0 amide bonds. The summed E-state index contributed by atoms with van der Waals surface area (Å²) in [5, 5.41) is 10.9. The summed E-state index contributed by atoms with van der Waals surface area (Å²) in [6.07, 6.45) is 2.60. The van der Waals surface area contributed by atoms with Crippen molar-refractivity contribution in [1.29, 1.82) is 0 Å². The fraction of sp³-hybridized carbons (Fsp3) is 0.440. The number of nitrogens with zero attached hydrogens (tertiary/aromatic N) is 2. The second-order valence-corrected chi connectivity index (χ2v) is 10.0. The van der Waals surface area contributed by atoms with Gasteiger partial charge in [0.25, 0.3) is 0 Å². The number of H-pyrrole nitrogens is 1. The Morgan fingerprint density at radius 3 is 2.47 bits per heavy atom. The van der Waals surface area contributed by atoms with Crippen LogP contribution in [0.3, 0.4) is 0 Å². The van der Waals surface area contributed by atoms with Crippen LogP contribution in [0.1, 0.15) is 36.7 Å². The van der Waals surface area contributed by atoms with E-state index in [0.717, 1.165) is 42.8 Å². The van der Waals surface area contributed by atoms with Gasteiger partial charge in [-0.3, -0.25) is 4.39 Å². The number of halogens is 1. The van der Waals surface area contributed by atoms with Gasteiger partial charge in [0.1, 0.15) is 5.75 Å². The highest BCUT2D eigenvalue weighted by atomic mass is 32.2. The predicted octanol–water partition coefficient (Wildman–Crippen LogP) is 4.41. The lowest BCUT2D eigenvalue weighted by atomic mass is 9.91. The zero-order chi connectivity index (χ0) is 22.8. The van der Waals surface area contributed by atoms with Crippen LogP contribution in [0, 0.1) is 5.92 Å². The van der Waals surface area contributed by atoms with Gasteiger partial charge < -0.3 is 15.0 Å². The number of rotatable bonds is 4. The summed E-state index contributed by atoms with van der Waals surface area (Å²) in [6, 6.07) is 15.6. The number of hydrogen-bond acceptors (Lipinski definition) is 3. The first-order valence-electron chi connectivity index (χ1n) is 11.2. The van der Waals surface area contributed by atoms with Gasteiger partial charge in [0.2, 0.25) is 0 Å². The number of phenols is 1. The van der Waals surface area contributed by atoms with E-state index in [1.54, 1.807) is 18.4 Å². The first kappa shape index (κ1) is 23.0. The van der Waals surface area contributed by atoms with Crippen molar-refractivity contribution in [3.63, 3.8) is 0 Å². The molecule has 1 aromatic heterocycles. The molecular formula is C25H32FN3O2S. The first-order chi connectivity index (χ1) is 15.4. The molecule has 2 aliphatic rings. The lowest BCUT2D eigenvalue weighted by Gasteiger charge is -2.38. The van der Waals surface area contributed by atoms with E-state index in [2.05, 4.69) is 41.9 Å². The molecule has 2 N–H and O–H groups in total. The van der Waals surface area contributed by atoms with Gasteiger partial charge in [-0.1, -0.05) is 37.3 Å². The number of benzene rings is 2. The molecule has 0 aliphatic carbocycles. The normalized spacial score (nSPS) is 22.6. The van der Waals surface area contributed by atoms with Gasteiger partial charge in [0.15, 0.2) is 0 Å². The minimum absolute atomic E-state index is 0.109. The predicted molar refractivity (Wildman–Crippen MR) is 129 cm³/mol. The van der Waals surface area contributed by atoms with Crippen LogP contribution in [0.25, 0.3) is 10.9 Å². The molecule has 0 saturated carbocycles. The SMILES string of the molecule is CCN1CC(CF)C1.C[C@@H]1Cc2c([nH]c3ccccc23)[C@H](c2ccc(O)cc2)N1S(C)=O. The topological polar surface area (TPSA) is 59.6 Å². The molecular weight excluding hydrogens is 425 g/mol. The number of phenolic OH excluding ortho intramolecular Hbond substituents is 1. The van der Waals surface area contributed by atoms with E-state index in [9.17, 15) is 13.7 Å². The molecule has 2 aliphatic heterocycles. The molecule has 3 heterocycles. The number of hydrogen-bond donors (Lipinski definition) is 2. The third-order valence-electron chi connectivity index (χ3n) is 6.51. The van der Waals surface area contributed by atoms with Crippen molar-refractivity contribution < 1.29 is 13.7 Å². The Morgan fingerprint density at radius 2 is 1.84 bits per heavy atom.